The van der Waals surface area contributed by atoms with Crippen molar-refractivity contribution < 1.29 is 9.90 Å². The van der Waals surface area contributed by atoms with Gasteiger partial charge in [0, 0.05) is 6.20 Å². The van der Waals surface area contributed by atoms with E-state index in [9.17, 15) is 4.79 Å². The Labute approximate surface area is 71.1 Å². The van der Waals surface area contributed by atoms with Crippen molar-refractivity contribution in [1.29, 1.82) is 0 Å². The van der Waals surface area contributed by atoms with Crippen LogP contribution in [0.25, 0.3) is 0 Å². The Morgan fingerprint density at radius 3 is 2.75 bits per heavy atom. The van der Waals surface area contributed by atoms with Crippen molar-refractivity contribution in [3.63, 3.8) is 0 Å². The predicted octanol–water partition coefficient (Wildman–Crippen LogP) is 1.65. The summed E-state index contributed by atoms with van der Waals surface area (Å²) in [6, 6.07) is 1.75. The van der Waals surface area contributed by atoms with Crippen LogP contribution in [0, 0.1) is 6.92 Å². The van der Waals surface area contributed by atoms with E-state index >= 15 is 0 Å². The van der Waals surface area contributed by atoms with E-state index in [1.54, 1.807) is 19.2 Å². The first-order valence-corrected chi connectivity index (χ1v) is 3.84. The fraction of sp³-hybridized carbons (Fsp3) is 0.333. The van der Waals surface area contributed by atoms with E-state index in [1.807, 2.05) is 6.92 Å². The fourth-order valence-electron chi connectivity index (χ4n) is 1.21. The molecule has 1 heterocycles. The number of carboxylic acid groups (broad SMARTS) is 1. The van der Waals surface area contributed by atoms with Gasteiger partial charge >= 0.3 is 5.97 Å². The molecule has 0 aromatic carbocycles. The van der Waals surface area contributed by atoms with Gasteiger partial charge in [0.15, 0.2) is 0 Å². The highest BCUT2D eigenvalue weighted by atomic mass is 16.4. The van der Waals surface area contributed by atoms with E-state index in [4.69, 9.17) is 5.11 Å². The van der Waals surface area contributed by atoms with E-state index in [-0.39, 0.29) is 0 Å². The maximum absolute atomic E-state index is 10.8. The SMILES string of the molecule is CCc1ccnc(C)c1C(=O)O. The maximum atomic E-state index is 10.8. The molecule has 0 fully saturated rings. The molecule has 3 nitrogen and oxygen atoms in total. The van der Waals surface area contributed by atoms with E-state index in [1.165, 1.54) is 0 Å². The molecule has 0 aliphatic rings. The summed E-state index contributed by atoms with van der Waals surface area (Å²) in [5, 5.41) is 8.84. The van der Waals surface area contributed by atoms with Crippen molar-refractivity contribution in [3.05, 3.63) is 29.1 Å². The first kappa shape index (κ1) is 8.71. The molecule has 0 aliphatic heterocycles. The Morgan fingerprint density at radius 1 is 1.67 bits per heavy atom. The molecule has 0 spiro atoms. The molecule has 12 heavy (non-hydrogen) atoms. The first-order chi connectivity index (χ1) is 5.66. The second kappa shape index (κ2) is 3.34. The zero-order valence-corrected chi connectivity index (χ0v) is 7.16. The fourth-order valence-corrected chi connectivity index (χ4v) is 1.21. The van der Waals surface area contributed by atoms with Crippen molar-refractivity contribution in [2.75, 3.05) is 0 Å². The minimum Gasteiger partial charge on any atom is -0.478 e. The molecule has 1 rings (SSSR count). The van der Waals surface area contributed by atoms with Gasteiger partial charge in [-0.25, -0.2) is 4.79 Å². The molecule has 0 amide bonds. The van der Waals surface area contributed by atoms with Crippen LogP contribution >= 0.6 is 0 Å². The molecule has 3 heteroatoms. The molecule has 0 bridgehead atoms. The highest BCUT2D eigenvalue weighted by Gasteiger charge is 2.11. The lowest BCUT2D eigenvalue weighted by molar-refractivity contribution is 0.0694. The zero-order chi connectivity index (χ0) is 9.14. The van der Waals surface area contributed by atoms with Gasteiger partial charge in [-0.3, -0.25) is 4.98 Å². The van der Waals surface area contributed by atoms with Crippen LogP contribution in [-0.2, 0) is 6.42 Å². The van der Waals surface area contributed by atoms with Crippen molar-refractivity contribution in [1.82, 2.24) is 4.98 Å². The van der Waals surface area contributed by atoms with Gasteiger partial charge in [-0.05, 0) is 25.0 Å². The molecule has 1 N–H and O–H groups in total. The second-order valence-corrected chi connectivity index (χ2v) is 2.59. The van der Waals surface area contributed by atoms with Crippen LogP contribution in [0.1, 0.15) is 28.5 Å². The number of aryl methyl sites for hydroxylation is 2. The maximum Gasteiger partial charge on any atom is 0.337 e. The summed E-state index contributed by atoms with van der Waals surface area (Å²) in [5.41, 5.74) is 1.77. The van der Waals surface area contributed by atoms with Crippen LogP contribution in [0.15, 0.2) is 12.3 Å². The molecule has 0 unspecified atom stereocenters. The zero-order valence-electron chi connectivity index (χ0n) is 7.16. The van der Waals surface area contributed by atoms with Gasteiger partial charge in [0.25, 0.3) is 0 Å². The summed E-state index contributed by atoms with van der Waals surface area (Å²) in [6.07, 6.45) is 2.37. The Balaban J connectivity index is 3.29. The lowest BCUT2D eigenvalue weighted by Crippen LogP contribution is -2.05. The van der Waals surface area contributed by atoms with Crippen molar-refractivity contribution in [2.45, 2.75) is 20.3 Å². The van der Waals surface area contributed by atoms with Crippen molar-refractivity contribution in [2.24, 2.45) is 0 Å². The van der Waals surface area contributed by atoms with Gasteiger partial charge in [0.05, 0.1) is 11.3 Å². The number of carboxylic acids is 1. The Hall–Kier alpha value is -1.38. The van der Waals surface area contributed by atoms with Gasteiger partial charge in [0.2, 0.25) is 0 Å². The Morgan fingerprint density at radius 2 is 2.33 bits per heavy atom. The van der Waals surface area contributed by atoms with Gasteiger partial charge in [-0.2, -0.15) is 0 Å². The third kappa shape index (κ3) is 1.44. The molecule has 1 aromatic heterocycles. The van der Waals surface area contributed by atoms with Crippen LogP contribution in [0.5, 0.6) is 0 Å². The summed E-state index contributed by atoms with van der Waals surface area (Å²) in [6.45, 7) is 3.64. The van der Waals surface area contributed by atoms with Gasteiger partial charge in [-0.1, -0.05) is 6.92 Å². The monoisotopic (exact) mass is 165 g/mol. The number of rotatable bonds is 2. The minimum absolute atomic E-state index is 0.347. The van der Waals surface area contributed by atoms with Crippen LogP contribution in [0.4, 0.5) is 0 Å². The van der Waals surface area contributed by atoms with Crippen LogP contribution in [-0.4, -0.2) is 16.1 Å². The summed E-state index contributed by atoms with van der Waals surface area (Å²) in [5.74, 6) is -0.891. The van der Waals surface area contributed by atoms with Crippen LogP contribution < -0.4 is 0 Å². The summed E-state index contributed by atoms with van der Waals surface area (Å²) in [4.78, 5) is 14.7. The van der Waals surface area contributed by atoms with E-state index in [0.717, 1.165) is 12.0 Å². The molecule has 0 saturated heterocycles. The Bertz CT molecular complexity index is 307. The van der Waals surface area contributed by atoms with Gasteiger partial charge < -0.3 is 5.11 Å². The number of aromatic nitrogens is 1. The quantitative estimate of drug-likeness (QED) is 0.724. The minimum atomic E-state index is -0.891. The number of hydrogen-bond donors (Lipinski definition) is 1. The van der Waals surface area contributed by atoms with Crippen LogP contribution in [0.2, 0.25) is 0 Å². The molecule has 0 atom stereocenters. The lowest BCUT2D eigenvalue weighted by atomic mass is 10.1. The number of aromatic carboxylic acids is 1. The molecule has 1 aromatic rings. The standard InChI is InChI=1S/C9H11NO2/c1-3-7-4-5-10-6(2)8(7)9(11)12/h4-5H,3H2,1-2H3,(H,11,12). The topological polar surface area (TPSA) is 50.2 Å². The highest BCUT2D eigenvalue weighted by molar-refractivity contribution is 5.90. The summed E-state index contributed by atoms with van der Waals surface area (Å²) >= 11 is 0. The normalized spacial score (nSPS) is 9.83. The highest BCUT2D eigenvalue weighted by Crippen LogP contribution is 2.11. The molecular weight excluding hydrogens is 154 g/mol. The average molecular weight is 165 g/mol. The van der Waals surface area contributed by atoms with E-state index in [2.05, 4.69) is 4.98 Å². The molecule has 0 radical (unpaired) electrons. The number of pyridine rings is 1. The smallest absolute Gasteiger partial charge is 0.337 e. The van der Waals surface area contributed by atoms with Crippen molar-refractivity contribution in [3.8, 4) is 0 Å². The predicted molar refractivity (Wildman–Crippen MR) is 45.3 cm³/mol. The van der Waals surface area contributed by atoms with Gasteiger partial charge in [-0.15, -0.1) is 0 Å². The number of hydrogen-bond acceptors (Lipinski definition) is 2. The third-order valence-corrected chi connectivity index (χ3v) is 1.82. The average Bonchev–Trinajstić information content (AvgIpc) is 2.03. The molecule has 0 saturated carbocycles. The van der Waals surface area contributed by atoms with Gasteiger partial charge in [0.1, 0.15) is 0 Å². The van der Waals surface area contributed by atoms with Crippen molar-refractivity contribution >= 4 is 5.97 Å². The third-order valence-electron chi connectivity index (χ3n) is 1.82. The number of nitrogens with zero attached hydrogens (tertiary/aromatic N) is 1. The molecule has 0 aliphatic carbocycles. The second-order valence-electron chi connectivity index (χ2n) is 2.59. The molecule has 64 valence electrons. The van der Waals surface area contributed by atoms with E-state index in [0.29, 0.717) is 11.3 Å². The first-order valence-electron chi connectivity index (χ1n) is 3.84. The summed E-state index contributed by atoms with van der Waals surface area (Å²) < 4.78 is 0. The largest absolute Gasteiger partial charge is 0.478 e. The number of carbonyl (C=O) groups is 1. The van der Waals surface area contributed by atoms with Crippen LogP contribution in [0.3, 0.4) is 0 Å². The Kier molecular flexibility index (Phi) is 2.43. The molecular formula is C9H11NO2. The summed E-state index contributed by atoms with van der Waals surface area (Å²) in [7, 11) is 0. The van der Waals surface area contributed by atoms with E-state index < -0.39 is 5.97 Å². The lowest BCUT2D eigenvalue weighted by Gasteiger charge is -2.04.